The molecule has 0 bridgehead atoms. The molecule has 1 N–H and O–H groups in total. The fourth-order valence-corrected chi connectivity index (χ4v) is 4.99. The van der Waals surface area contributed by atoms with Crippen LogP contribution in [0.2, 0.25) is 0 Å². The lowest BCUT2D eigenvalue weighted by molar-refractivity contribution is 0.0746. The molecule has 3 aromatic carbocycles. The van der Waals surface area contributed by atoms with Gasteiger partial charge in [0.05, 0.1) is 0 Å². The van der Waals surface area contributed by atoms with Crippen LogP contribution in [0.3, 0.4) is 0 Å². The average Bonchev–Trinajstić information content (AvgIpc) is 3.01. The number of hydrogen-bond acceptors (Lipinski definition) is 6. The number of piperazine rings is 1. The van der Waals surface area contributed by atoms with Gasteiger partial charge in [0.2, 0.25) is 5.95 Å². The van der Waals surface area contributed by atoms with Crippen LogP contribution in [0.25, 0.3) is 10.8 Å². The van der Waals surface area contributed by atoms with Crippen molar-refractivity contribution in [2.75, 3.05) is 36.4 Å². The third-order valence-corrected chi connectivity index (χ3v) is 7.10. The van der Waals surface area contributed by atoms with E-state index in [4.69, 9.17) is 0 Å². The molecule has 0 aliphatic carbocycles. The van der Waals surface area contributed by atoms with Gasteiger partial charge in [-0.05, 0) is 40.3 Å². The summed E-state index contributed by atoms with van der Waals surface area (Å²) in [5.41, 5.74) is 4.07. The molecule has 1 fully saturated rings. The number of carbonyl (C=O) groups is 1. The smallest absolute Gasteiger partial charge is 0.253 e. The SMILES string of the molecule is O=C(c1cccc(CNc2nccc3ccccc23)c1)N1CCN(c2ncc(Cc3ccccc3)cn2)CC1. The summed E-state index contributed by atoms with van der Waals surface area (Å²) >= 11 is 0. The van der Waals surface area contributed by atoms with Gasteiger partial charge in [0.1, 0.15) is 5.82 Å². The highest BCUT2D eigenvalue weighted by Crippen LogP contribution is 2.21. The van der Waals surface area contributed by atoms with E-state index in [9.17, 15) is 4.79 Å². The predicted octanol–water partition coefficient (Wildman–Crippen LogP) is 5.19. The number of nitrogens with zero attached hydrogens (tertiary/aromatic N) is 5. The Bertz CT molecular complexity index is 1560. The van der Waals surface area contributed by atoms with Gasteiger partial charge in [0, 0.05) is 68.7 Å². The van der Waals surface area contributed by atoms with Crippen molar-refractivity contribution in [1.29, 1.82) is 0 Å². The number of nitrogens with one attached hydrogen (secondary N) is 1. The molecule has 0 spiro atoms. The van der Waals surface area contributed by atoms with E-state index in [0.29, 0.717) is 44.2 Å². The molecule has 0 saturated carbocycles. The van der Waals surface area contributed by atoms with Crippen LogP contribution in [0, 0.1) is 0 Å². The number of aromatic nitrogens is 3. The summed E-state index contributed by atoms with van der Waals surface area (Å²) < 4.78 is 0. The minimum atomic E-state index is 0.0545. The van der Waals surface area contributed by atoms with Crippen molar-refractivity contribution in [3.8, 4) is 0 Å². The maximum Gasteiger partial charge on any atom is 0.253 e. The highest BCUT2D eigenvalue weighted by molar-refractivity contribution is 5.94. The van der Waals surface area contributed by atoms with Crippen LogP contribution in [-0.4, -0.2) is 51.9 Å². The Kier molecular flexibility index (Phi) is 7.12. The summed E-state index contributed by atoms with van der Waals surface area (Å²) in [6, 6.07) is 28.4. The van der Waals surface area contributed by atoms with Crippen LogP contribution < -0.4 is 10.2 Å². The second-order valence-electron chi connectivity index (χ2n) is 9.77. The number of amides is 1. The molecule has 1 saturated heterocycles. The van der Waals surface area contributed by atoms with Crippen molar-refractivity contribution >= 4 is 28.4 Å². The number of fused-ring (bicyclic) bond motifs is 1. The number of benzene rings is 3. The maximum absolute atomic E-state index is 13.3. The van der Waals surface area contributed by atoms with Crippen molar-refractivity contribution in [2.24, 2.45) is 0 Å². The van der Waals surface area contributed by atoms with E-state index < -0.39 is 0 Å². The van der Waals surface area contributed by atoms with Crippen molar-refractivity contribution in [3.63, 3.8) is 0 Å². The predicted molar refractivity (Wildman–Crippen MR) is 155 cm³/mol. The van der Waals surface area contributed by atoms with E-state index in [2.05, 4.69) is 49.4 Å². The molecule has 0 unspecified atom stereocenters. The summed E-state index contributed by atoms with van der Waals surface area (Å²) in [5.74, 6) is 1.62. The molecule has 3 heterocycles. The summed E-state index contributed by atoms with van der Waals surface area (Å²) in [7, 11) is 0. The van der Waals surface area contributed by atoms with Crippen LogP contribution in [0.5, 0.6) is 0 Å². The Hall–Kier alpha value is -4.78. The molecular formula is C32H30N6O. The third kappa shape index (κ3) is 5.72. The first-order valence-electron chi connectivity index (χ1n) is 13.3. The zero-order valence-electron chi connectivity index (χ0n) is 21.7. The Balaban J connectivity index is 1.05. The normalized spacial score (nSPS) is 13.4. The highest BCUT2D eigenvalue weighted by Gasteiger charge is 2.23. The molecule has 1 aliphatic rings. The topological polar surface area (TPSA) is 74.2 Å². The van der Waals surface area contributed by atoms with Crippen molar-refractivity contribution in [1.82, 2.24) is 19.9 Å². The summed E-state index contributed by atoms with van der Waals surface area (Å²) in [4.78, 5) is 31.1. The Morgan fingerprint density at radius 1 is 0.744 bits per heavy atom. The molecule has 194 valence electrons. The average molecular weight is 515 g/mol. The number of rotatable bonds is 7. The van der Waals surface area contributed by atoms with Crippen LogP contribution in [-0.2, 0) is 13.0 Å². The van der Waals surface area contributed by atoms with E-state index in [0.717, 1.165) is 34.1 Å². The molecule has 6 rings (SSSR count). The summed E-state index contributed by atoms with van der Waals surface area (Å²) in [6.45, 7) is 3.27. The fraction of sp³-hybridized carbons (Fsp3) is 0.188. The standard InChI is InChI=1S/C32H30N6O/c39-31(28-11-6-9-25(20-28)21-34-30-29-12-5-4-10-27(29)13-14-33-30)37-15-17-38(18-16-37)32-35-22-26(23-36-32)19-24-7-2-1-3-8-24/h1-14,20,22-23H,15-19,21H2,(H,33,34). The van der Waals surface area contributed by atoms with Gasteiger partial charge >= 0.3 is 0 Å². The quantitative estimate of drug-likeness (QED) is 0.322. The minimum Gasteiger partial charge on any atom is -0.365 e. The molecule has 1 amide bonds. The van der Waals surface area contributed by atoms with Gasteiger partial charge in [-0.2, -0.15) is 0 Å². The van der Waals surface area contributed by atoms with E-state index in [-0.39, 0.29) is 5.91 Å². The van der Waals surface area contributed by atoms with Crippen LogP contribution in [0.1, 0.15) is 27.0 Å². The molecule has 0 radical (unpaired) electrons. The fourth-order valence-electron chi connectivity index (χ4n) is 4.99. The first-order chi connectivity index (χ1) is 19.2. The van der Waals surface area contributed by atoms with Gasteiger partial charge in [-0.3, -0.25) is 4.79 Å². The van der Waals surface area contributed by atoms with E-state index in [1.165, 1.54) is 5.56 Å². The largest absolute Gasteiger partial charge is 0.365 e. The first kappa shape index (κ1) is 24.6. The molecule has 7 nitrogen and oxygen atoms in total. The number of carbonyl (C=O) groups excluding carboxylic acids is 1. The van der Waals surface area contributed by atoms with E-state index >= 15 is 0 Å². The van der Waals surface area contributed by atoms with Gasteiger partial charge in [-0.15, -0.1) is 0 Å². The van der Waals surface area contributed by atoms with Gasteiger partial charge in [-0.1, -0.05) is 66.7 Å². The van der Waals surface area contributed by atoms with E-state index in [1.807, 2.05) is 84.2 Å². The van der Waals surface area contributed by atoms with Crippen molar-refractivity contribution in [2.45, 2.75) is 13.0 Å². The lowest BCUT2D eigenvalue weighted by Gasteiger charge is -2.34. The van der Waals surface area contributed by atoms with Crippen LogP contribution >= 0.6 is 0 Å². The van der Waals surface area contributed by atoms with Gasteiger partial charge in [-0.25, -0.2) is 15.0 Å². The molecule has 7 heteroatoms. The van der Waals surface area contributed by atoms with Crippen molar-refractivity contribution in [3.05, 3.63) is 126 Å². The molecule has 5 aromatic rings. The minimum absolute atomic E-state index is 0.0545. The Morgan fingerprint density at radius 2 is 1.49 bits per heavy atom. The van der Waals surface area contributed by atoms with Crippen LogP contribution in [0.15, 0.2) is 104 Å². The Morgan fingerprint density at radius 3 is 2.31 bits per heavy atom. The monoisotopic (exact) mass is 514 g/mol. The van der Waals surface area contributed by atoms with Crippen LogP contribution in [0.4, 0.5) is 11.8 Å². The second kappa shape index (κ2) is 11.3. The number of hydrogen-bond donors (Lipinski definition) is 1. The van der Waals surface area contributed by atoms with E-state index in [1.54, 1.807) is 0 Å². The van der Waals surface area contributed by atoms with Gasteiger partial charge in [0.15, 0.2) is 0 Å². The first-order valence-corrected chi connectivity index (χ1v) is 13.3. The Labute approximate surface area is 228 Å². The number of pyridine rings is 1. The molecule has 39 heavy (non-hydrogen) atoms. The third-order valence-electron chi connectivity index (χ3n) is 7.10. The highest BCUT2D eigenvalue weighted by atomic mass is 16.2. The van der Waals surface area contributed by atoms with Crippen molar-refractivity contribution < 1.29 is 4.79 Å². The molecule has 0 atom stereocenters. The second-order valence-corrected chi connectivity index (χ2v) is 9.77. The molecule has 1 aliphatic heterocycles. The zero-order valence-corrected chi connectivity index (χ0v) is 21.7. The molecule has 2 aromatic heterocycles. The lowest BCUT2D eigenvalue weighted by Crippen LogP contribution is -2.49. The summed E-state index contributed by atoms with van der Waals surface area (Å²) in [6.07, 6.45) is 6.44. The van der Waals surface area contributed by atoms with Gasteiger partial charge < -0.3 is 15.1 Å². The summed E-state index contributed by atoms with van der Waals surface area (Å²) in [5, 5.41) is 5.66. The maximum atomic E-state index is 13.3. The number of anilines is 2. The lowest BCUT2D eigenvalue weighted by atomic mass is 10.1. The van der Waals surface area contributed by atoms with Gasteiger partial charge in [0.25, 0.3) is 5.91 Å². The zero-order chi connectivity index (χ0) is 26.4. The molecular weight excluding hydrogens is 484 g/mol.